The summed E-state index contributed by atoms with van der Waals surface area (Å²) < 4.78 is 5.25. The Morgan fingerprint density at radius 3 is 2.50 bits per heavy atom. The van der Waals surface area contributed by atoms with Gasteiger partial charge in [0.15, 0.2) is 0 Å². The Morgan fingerprint density at radius 1 is 1.04 bits per heavy atom. The van der Waals surface area contributed by atoms with E-state index in [0.717, 1.165) is 15.8 Å². The number of hydrogen-bond donors (Lipinski definition) is 2. The molecule has 0 bridgehead atoms. The van der Waals surface area contributed by atoms with Gasteiger partial charge in [0.1, 0.15) is 6.61 Å². The first-order valence-corrected chi connectivity index (χ1v) is 10.5. The molecule has 0 aliphatic carbocycles. The number of ether oxygens (including phenoxy) is 1. The predicted molar refractivity (Wildman–Crippen MR) is 115 cm³/mol. The summed E-state index contributed by atoms with van der Waals surface area (Å²) in [6.07, 6.45) is -1.43. The Bertz CT molecular complexity index is 906. The molecule has 0 spiro atoms. The lowest BCUT2D eigenvalue weighted by Gasteiger charge is -2.22. The van der Waals surface area contributed by atoms with Crippen LogP contribution < -0.4 is 5.32 Å². The van der Waals surface area contributed by atoms with Gasteiger partial charge < -0.3 is 15.2 Å². The molecule has 6 heteroatoms. The van der Waals surface area contributed by atoms with Crippen molar-refractivity contribution < 1.29 is 14.6 Å². The van der Waals surface area contributed by atoms with E-state index >= 15 is 0 Å². The Hall–Kier alpha value is -2.21. The summed E-state index contributed by atoms with van der Waals surface area (Å²) in [6, 6.07) is 23.2. The van der Waals surface area contributed by atoms with E-state index in [2.05, 4.69) is 29.6 Å². The maximum absolute atomic E-state index is 12.1. The second kappa shape index (κ2) is 10.4. The van der Waals surface area contributed by atoms with Crippen LogP contribution >= 0.6 is 23.4 Å². The van der Waals surface area contributed by atoms with Crippen molar-refractivity contribution in [3.8, 4) is 0 Å². The first-order valence-electron chi connectivity index (χ1n) is 8.98. The van der Waals surface area contributed by atoms with Crippen molar-refractivity contribution in [3.05, 3.63) is 78.4 Å². The Kier molecular flexibility index (Phi) is 7.60. The first-order chi connectivity index (χ1) is 13.7. The Labute approximate surface area is 173 Å². The van der Waals surface area contributed by atoms with E-state index in [1.165, 1.54) is 5.39 Å². The van der Waals surface area contributed by atoms with Gasteiger partial charge in [-0.2, -0.15) is 0 Å². The van der Waals surface area contributed by atoms with Gasteiger partial charge in [0.05, 0.1) is 18.0 Å². The molecule has 2 N–H and O–H groups in total. The number of aliphatic hydroxyl groups is 1. The molecule has 0 saturated carbocycles. The molecule has 0 fully saturated rings. The van der Waals surface area contributed by atoms with Crippen LogP contribution in [0.2, 0.25) is 0 Å². The number of halogens is 1. The van der Waals surface area contributed by atoms with E-state index in [4.69, 9.17) is 16.3 Å². The maximum atomic E-state index is 12.1. The molecule has 2 atom stereocenters. The van der Waals surface area contributed by atoms with Gasteiger partial charge in [0, 0.05) is 10.6 Å². The molecule has 0 heterocycles. The number of rotatable bonds is 8. The topological polar surface area (TPSA) is 58.6 Å². The number of alkyl halides is 1. The van der Waals surface area contributed by atoms with Gasteiger partial charge in [-0.15, -0.1) is 23.4 Å². The molecule has 146 valence electrons. The number of amides is 1. The van der Waals surface area contributed by atoms with Crippen molar-refractivity contribution in [3.63, 3.8) is 0 Å². The van der Waals surface area contributed by atoms with Crippen LogP contribution in [0.25, 0.3) is 10.8 Å². The lowest BCUT2D eigenvalue weighted by Crippen LogP contribution is -2.46. The van der Waals surface area contributed by atoms with E-state index in [-0.39, 0.29) is 12.5 Å². The Balaban J connectivity index is 1.57. The molecule has 0 aliphatic heterocycles. The lowest BCUT2D eigenvalue weighted by atomic mass is 10.1. The van der Waals surface area contributed by atoms with Crippen LogP contribution in [-0.2, 0) is 11.3 Å². The second-order valence-corrected chi connectivity index (χ2v) is 7.76. The molecule has 0 saturated heterocycles. The summed E-state index contributed by atoms with van der Waals surface area (Å²) in [5.74, 6) is 0.509. The van der Waals surface area contributed by atoms with E-state index in [1.807, 2.05) is 48.5 Å². The summed E-state index contributed by atoms with van der Waals surface area (Å²) in [6.45, 7) is 0.175. The molecule has 3 aromatic carbocycles. The van der Waals surface area contributed by atoms with Crippen molar-refractivity contribution in [2.45, 2.75) is 23.6 Å². The fourth-order valence-corrected chi connectivity index (χ4v) is 3.98. The van der Waals surface area contributed by atoms with Gasteiger partial charge in [0.25, 0.3) is 0 Å². The Morgan fingerprint density at radius 2 is 1.75 bits per heavy atom. The van der Waals surface area contributed by atoms with E-state index in [9.17, 15) is 9.90 Å². The number of alkyl carbamates (subject to hydrolysis) is 1. The average molecular weight is 416 g/mol. The van der Waals surface area contributed by atoms with E-state index < -0.39 is 18.2 Å². The largest absolute Gasteiger partial charge is 0.445 e. The number of fused-ring (bicyclic) bond motifs is 1. The summed E-state index contributed by atoms with van der Waals surface area (Å²) in [5, 5.41) is 15.2. The zero-order chi connectivity index (χ0) is 19.8. The number of thioether (sulfide) groups is 1. The van der Waals surface area contributed by atoms with Gasteiger partial charge >= 0.3 is 6.09 Å². The molecule has 28 heavy (non-hydrogen) atoms. The highest BCUT2D eigenvalue weighted by Gasteiger charge is 2.21. The van der Waals surface area contributed by atoms with Gasteiger partial charge in [-0.1, -0.05) is 60.7 Å². The van der Waals surface area contributed by atoms with Crippen molar-refractivity contribution >= 4 is 40.2 Å². The summed E-state index contributed by atoms with van der Waals surface area (Å²) in [5.41, 5.74) is 0.901. The minimum Gasteiger partial charge on any atom is -0.445 e. The number of nitrogens with one attached hydrogen (secondary N) is 1. The molecule has 1 amide bonds. The molecule has 2 unspecified atom stereocenters. The van der Waals surface area contributed by atoms with Gasteiger partial charge in [-0.3, -0.25) is 0 Å². The number of hydrogen-bond acceptors (Lipinski definition) is 4. The van der Waals surface area contributed by atoms with Gasteiger partial charge in [0.2, 0.25) is 0 Å². The molecule has 3 rings (SSSR count). The zero-order valence-corrected chi connectivity index (χ0v) is 16.8. The van der Waals surface area contributed by atoms with Crippen LogP contribution in [0.5, 0.6) is 0 Å². The van der Waals surface area contributed by atoms with Crippen LogP contribution in [0, 0.1) is 0 Å². The van der Waals surface area contributed by atoms with E-state index in [1.54, 1.807) is 11.8 Å². The molecule has 0 aromatic heterocycles. The number of benzene rings is 3. The molecule has 4 nitrogen and oxygen atoms in total. The van der Waals surface area contributed by atoms with Crippen LogP contribution in [0.15, 0.2) is 77.7 Å². The predicted octanol–water partition coefficient (Wildman–Crippen LogP) is 4.83. The minimum atomic E-state index is -0.862. The third kappa shape index (κ3) is 5.89. The highest BCUT2D eigenvalue weighted by molar-refractivity contribution is 7.99. The normalized spacial score (nSPS) is 13.1. The molecule has 3 aromatic rings. The van der Waals surface area contributed by atoms with Gasteiger partial charge in [-0.05, 0) is 28.5 Å². The monoisotopic (exact) mass is 415 g/mol. The molecular weight excluding hydrogens is 394 g/mol. The zero-order valence-electron chi connectivity index (χ0n) is 15.3. The number of aliphatic hydroxyl groups excluding tert-OH is 1. The third-order valence-electron chi connectivity index (χ3n) is 4.29. The summed E-state index contributed by atoms with van der Waals surface area (Å²) in [4.78, 5) is 13.2. The number of carbonyl (C=O) groups is 1. The van der Waals surface area contributed by atoms with E-state index in [0.29, 0.717) is 5.75 Å². The van der Waals surface area contributed by atoms with Crippen molar-refractivity contribution in [1.29, 1.82) is 0 Å². The minimum absolute atomic E-state index is 0.0297. The standard InChI is InChI=1S/C22H22ClNO3S/c23-13-21(25)20(24-22(26)27-14-16-6-2-1-3-7-16)15-28-19-11-10-17-8-4-5-9-18(17)12-19/h1-12,20-21,25H,13-15H2,(H,24,26). The van der Waals surface area contributed by atoms with Crippen LogP contribution in [0.4, 0.5) is 4.79 Å². The van der Waals surface area contributed by atoms with Crippen LogP contribution in [-0.4, -0.2) is 35.0 Å². The van der Waals surface area contributed by atoms with Crippen LogP contribution in [0.1, 0.15) is 5.56 Å². The van der Waals surface area contributed by atoms with Gasteiger partial charge in [-0.25, -0.2) is 4.79 Å². The lowest BCUT2D eigenvalue weighted by molar-refractivity contribution is 0.115. The summed E-state index contributed by atoms with van der Waals surface area (Å²) >= 11 is 7.37. The third-order valence-corrected chi connectivity index (χ3v) is 5.72. The summed E-state index contributed by atoms with van der Waals surface area (Å²) in [7, 11) is 0. The van der Waals surface area contributed by atoms with Crippen molar-refractivity contribution in [2.75, 3.05) is 11.6 Å². The first kappa shape index (κ1) is 20.5. The molecular formula is C22H22ClNO3S. The average Bonchev–Trinajstić information content (AvgIpc) is 2.75. The highest BCUT2D eigenvalue weighted by atomic mass is 35.5. The smallest absolute Gasteiger partial charge is 0.407 e. The fraction of sp³-hybridized carbons (Fsp3) is 0.227. The van der Waals surface area contributed by atoms with Crippen molar-refractivity contribution in [2.24, 2.45) is 0 Å². The van der Waals surface area contributed by atoms with Crippen molar-refractivity contribution in [1.82, 2.24) is 5.32 Å². The SMILES string of the molecule is O=C(NC(CSc1ccc2ccccc2c1)C(O)CCl)OCc1ccccc1. The maximum Gasteiger partial charge on any atom is 0.407 e. The number of carbonyl (C=O) groups excluding carboxylic acids is 1. The quantitative estimate of drug-likeness (QED) is 0.408. The highest BCUT2D eigenvalue weighted by Crippen LogP contribution is 2.24. The molecule has 0 aliphatic rings. The molecule has 0 radical (unpaired) electrons. The van der Waals surface area contributed by atoms with Crippen LogP contribution in [0.3, 0.4) is 0 Å². The second-order valence-electron chi connectivity index (χ2n) is 6.35. The fourth-order valence-electron chi connectivity index (χ4n) is 2.72.